The van der Waals surface area contributed by atoms with Crippen LogP contribution in [0.1, 0.15) is 51.5 Å². The zero-order valence-electron chi connectivity index (χ0n) is 21.5. The molecule has 0 unspecified atom stereocenters. The summed E-state index contributed by atoms with van der Waals surface area (Å²) in [6.07, 6.45) is 10.1. The number of aryl methyl sites for hydroxylation is 1. The van der Waals surface area contributed by atoms with Gasteiger partial charge in [-0.3, -0.25) is 14.7 Å². The van der Waals surface area contributed by atoms with Gasteiger partial charge in [-0.1, -0.05) is 38.5 Å². The Morgan fingerprint density at radius 3 is 2.69 bits per heavy atom. The van der Waals surface area contributed by atoms with Gasteiger partial charge in [-0.05, 0) is 67.2 Å². The lowest BCUT2D eigenvalue weighted by Crippen LogP contribution is -2.50. The van der Waals surface area contributed by atoms with E-state index >= 15 is 0 Å². The largest absolute Gasteiger partial charge is 0.492 e. The number of amides is 1. The number of aromatic nitrogens is 1. The van der Waals surface area contributed by atoms with Crippen LogP contribution in [0.25, 0.3) is 0 Å². The second kappa shape index (κ2) is 12.4. The van der Waals surface area contributed by atoms with E-state index in [9.17, 15) is 4.79 Å². The molecular weight excluding hydrogens is 438 g/mol. The van der Waals surface area contributed by atoms with Crippen molar-refractivity contribution in [3.63, 3.8) is 0 Å². The molecule has 6 heteroatoms. The Labute approximate surface area is 210 Å². The summed E-state index contributed by atoms with van der Waals surface area (Å²) in [5.41, 5.74) is 1.58. The maximum atomic E-state index is 12.8. The monoisotopic (exact) mass is 479 g/mol. The smallest absolute Gasteiger partial charge is 0.260 e. The Balaban J connectivity index is 1.39. The molecule has 35 heavy (non-hydrogen) atoms. The molecule has 190 valence electrons. The number of ether oxygens (including phenoxy) is 2. The number of fused-ring (bicyclic) bond motifs is 1. The van der Waals surface area contributed by atoms with Crippen LogP contribution in [0.4, 0.5) is 0 Å². The van der Waals surface area contributed by atoms with Crippen LogP contribution < -0.4 is 9.47 Å². The van der Waals surface area contributed by atoms with E-state index in [-0.39, 0.29) is 17.9 Å². The van der Waals surface area contributed by atoms with Crippen LogP contribution in [0, 0.1) is 11.3 Å². The maximum Gasteiger partial charge on any atom is 0.260 e. The van der Waals surface area contributed by atoms with E-state index in [0.717, 1.165) is 64.3 Å². The fourth-order valence-corrected chi connectivity index (χ4v) is 5.56. The lowest BCUT2D eigenvalue weighted by molar-refractivity contribution is -0.136. The van der Waals surface area contributed by atoms with Crippen molar-refractivity contribution in [1.82, 2.24) is 14.8 Å². The Morgan fingerprint density at radius 2 is 1.91 bits per heavy atom. The third-order valence-electron chi connectivity index (χ3n) is 7.40. The van der Waals surface area contributed by atoms with Gasteiger partial charge in [0.1, 0.15) is 18.1 Å². The molecule has 0 atom stereocenters. The summed E-state index contributed by atoms with van der Waals surface area (Å²) < 4.78 is 11.9. The number of nitrogens with zero attached hydrogens (tertiary/aromatic N) is 3. The van der Waals surface area contributed by atoms with Crippen LogP contribution in [-0.4, -0.2) is 66.6 Å². The van der Waals surface area contributed by atoms with Crippen molar-refractivity contribution in [2.45, 2.75) is 52.4 Å². The van der Waals surface area contributed by atoms with Gasteiger partial charge < -0.3 is 14.4 Å². The number of rotatable bonds is 5. The SMILES string of the molecule is CC(C)CN1CCOc2ccccc2CCCCC2(CCN(C(=O)COc3cccnc3)CC2)C1. The molecule has 0 N–H and O–H groups in total. The number of carbonyl (C=O) groups excluding carboxylic acids is 1. The second-order valence-corrected chi connectivity index (χ2v) is 10.7. The molecule has 1 aromatic heterocycles. The molecule has 3 heterocycles. The highest BCUT2D eigenvalue weighted by molar-refractivity contribution is 5.77. The Morgan fingerprint density at radius 1 is 1.09 bits per heavy atom. The van der Waals surface area contributed by atoms with Crippen molar-refractivity contribution >= 4 is 5.91 Å². The zero-order chi connectivity index (χ0) is 24.5. The Bertz CT molecular complexity index is 926. The third-order valence-corrected chi connectivity index (χ3v) is 7.40. The van der Waals surface area contributed by atoms with Gasteiger partial charge in [-0.15, -0.1) is 0 Å². The molecule has 0 saturated carbocycles. The van der Waals surface area contributed by atoms with Crippen LogP contribution in [0.5, 0.6) is 11.5 Å². The molecule has 4 rings (SSSR count). The second-order valence-electron chi connectivity index (χ2n) is 10.7. The minimum Gasteiger partial charge on any atom is -0.492 e. The van der Waals surface area contributed by atoms with Crippen molar-refractivity contribution < 1.29 is 14.3 Å². The fraction of sp³-hybridized carbons (Fsp3) is 0.586. The normalized spacial score (nSPS) is 19.3. The number of benzene rings is 1. The highest BCUT2D eigenvalue weighted by Crippen LogP contribution is 2.38. The number of hydrogen-bond donors (Lipinski definition) is 0. The van der Waals surface area contributed by atoms with Gasteiger partial charge in [0.15, 0.2) is 6.61 Å². The van der Waals surface area contributed by atoms with Crippen molar-refractivity contribution in [1.29, 1.82) is 0 Å². The lowest BCUT2D eigenvalue weighted by Gasteiger charge is -2.45. The van der Waals surface area contributed by atoms with E-state index in [0.29, 0.717) is 11.7 Å². The first-order valence-electron chi connectivity index (χ1n) is 13.3. The number of hydrogen-bond acceptors (Lipinski definition) is 5. The van der Waals surface area contributed by atoms with Gasteiger partial charge in [-0.25, -0.2) is 0 Å². The van der Waals surface area contributed by atoms with E-state index in [2.05, 4.69) is 48.0 Å². The Hall–Kier alpha value is -2.60. The average molecular weight is 480 g/mol. The molecule has 0 aliphatic carbocycles. The van der Waals surface area contributed by atoms with E-state index in [1.807, 2.05) is 17.0 Å². The van der Waals surface area contributed by atoms with Crippen molar-refractivity contribution in [2.24, 2.45) is 11.3 Å². The molecule has 1 saturated heterocycles. The summed E-state index contributed by atoms with van der Waals surface area (Å²) in [5.74, 6) is 2.37. The van der Waals surface area contributed by atoms with Crippen molar-refractivity contribution in [2.75, 3.05) is 45.9 Å². The molecule has 1 aromatic carbocycles. The quantitative estimate of drug-likeness (QED) is 0.615. The van der Waals surface area contributed by atoms with Gasteiger partial charge in [0.2, 0.25) is 0 Å². The van der Waals surface area contributed by atoms with Crippen LogP contribution >= 0.6 is 0 Å². The van der Waals surface area contributed by atoms with Crippen LogP contribution in [0.2, 0.25) is 0 Å². The topological polar surface area (TPSA) is 54.9 Å². The lowest BCUT2D eigenvalue weighted by atomic mass is 9.73. The van der Waals surface area contributed by atoms with Crippen molar-refractivity contribution in [3.05, 3.63) is 54.4 Å². The van der Waals surface area contributed by atoms with E-state index in [1.165, 1.54) is 24.8 Å². The molecule has 1 spiro atoms. The maximum absolute atomic E-state index is 12.8. The van der Waals surface area contributed by atoms with E-state index in [4.69, 9.17) is 9.47 Å². The minimum absolute atomic E-state index is 0.0703. The number of carbonyl (C=O) groups is 1. The highest BCUT2D eigenvalue weighted by atomic mass is 16.5. The number of piperidine rings is 1. The average Bonchev–Trinajstić information content (AvgIpc) is 2.86. The number of likely N-dealkylation sites (tertiary alicyclic amines) is 1. The third kappa shape index (κ3) is 7.44. The molecule has 0 radical (unpaired) electrons. The minimum atomic E-state index is 0.0703. The summed E-state index contributed by atoms with van der Waals surface area (Å²) in [7, 11) is 0. The number of para-hydroxylation sites is 1. The van der Waals surface area contributed by atoms with Gasteiger partial charge in [0.05, 0.1) is 6.20 Å². The highest BCUT2D eigenvalue weighted by Gasteiger charge is 2.37. The first-order valence-corrected chi connectivity index (χ1v) is 13.3. The summed E-state index contributed by atoms with van der Waals surface area (Å²) >= 11 is 0. The zero-order valence-corrected chi connectivity index (χ0v) is 21.5. The summed E-state index contributed by atoms with van der Waals surface area (Å²) in [6.45, 7) is 10.1. The molecule has 2 aliphatic rings. The van der Waals surface area contributed by atoms with Gasteiger partial charge in [-0.2, -0.15) is 0 Å². The molecule has 1 amide bonds. The molecule has 2 aromatic rings. The number of pyridine rings is 1. The predicted molar refractivity (Wildman–Crippen MR) is 139 cm³/mol. The van der Waals surface area contributed by atoms with Crippen LogP contribution in [0.3, 0.4) is 0 Å². The molecule has 6 nitrogen and oxygen atoms in total. The van der Waals surface area contributed by atoms with Crippen LogP contribution in [0.15, 0.2) is 48.8 Å². The summed E-state index contributed by atoms with van der Waals surface area (Å²) in [5, 5.41) is 0. The predicted octanol–water partition coefficient (Wildman–Crippen LogP) is 4.83. The van der Waals surface area contributed by atoms with E-state index < -0.39 is 0 Å². The molecule has 0 bridgehead atoms. The first-order chi connectivity index (χ1) is 17.0. The standard InChI is InChI=1S/C29H41N3O3/c1-24(2)21-31-18-19-34-27-11-4-3-8-25(27)9-5-6-12-29(23-31)13-16-32(17-14-29)28(33)22-35-26-10-7-15-30-20-26/h3-4,7-8,10-11,15,20,24H,5-6,9,12-14,16-19,21-23H2,1-2H3. The first kappa shape index (κ1) is 25.5. The van der Waals surface area contributed by atoms with E-state index in [1.54, 1.807) is 12.4 Å². The van der Waals surface area contributed by atoms with Gasteiger partial charge in [0, 0.05) is 38.9 Å². The van der Waals surface area contributed by atoms with Crippen molar-refractivity contribution in [3.8, 4) is 11.5 Å². The Kier molecular flexibility index (Phi) is 9.02. The summed E-state index contributed by atoms with van der Waals surface area (Å²) in [6, 6.07) is 12.2. The van der Waals surface area contributed by atoms with Crippen LogP contribution in [-0.2, 0) is 11.2 Å². The fourth-order valence-electron chi connectivity index (χ4n) is 5.56. The van der Waals surface area contributed by atoms with Gasteiger partial charge in [0.25, 0.3) is 5.91 Å². The molecular formula is C29H41N3O3. The summed E-state index contributed by atoms with van der Waals surface area (Å²) in [4.78, 5) is 21.5. The molecule has 1 fully saturated rings. The molecule has 2 aliphatic heterocycles. The van der Waals surface area contributed by atoms with Gasteiger partial charge >= 0.3 is 0 Å².